The number of carbonyl (C=O) groups excluding carboxylic acids is 1. The van der Waals surface area contributed by atoms with Gasteiger partial charge in [-0.25, -0.2) is 4.79 Å². The summed E-state index contributed by atoms with van der Waals surface area (Å²) in [5, 5.41) is 5.11. The van der Waals surface area contributed by atoms with Gasteiger partial charge in [-0.2, -0.15) is 0 Å². The summed E-state index contributed by atoms with van der Waals surface area (Å²) in [5.74, 6) is 0.125. The summed E-state index contributed by atoms with van der Waals surface area (Å²) in [6.07, 6.45) is 3.31. The number of nitrogens with zero attached hydrogens (tertiary/aromatic N) is 2. The van der Waals surface area contributed by atoms with E-state index in [9.17, 15) is 4.79 Å². The molecule has 2 amide bonds. The molecule has 1 heterocycles. The monoisotopic (exact) mass is 249 g/mol. The van der Waals surface area contributed by atoms with Crippen LogP contribution in [0.5, 0.6) is 0 Å². The Bertz CT molecular complexity index is 391. The smallest absolute Gasteiger partial charge is 0.321 e. The number of nitrogens with two attached hydrogens (primary N) is 1. The van der Waals surface area contributed by atoms with E-state index in [1.54, 1.807) is 6.20 Å². The number of guanidine groups is 1. The van der Waals surface area contributed by atoms with Crippen LogP contribution >= 0.6 is 0 Å². The molecule has 4 N–H and O–H groups in total. The van der Waals surface area contributed by atoms with E-state index in [4.69, 9.17) is 5.73 Å². The fourth-order valence-corrected chi connectivity index (χ4v) is 1.28. The van der Waals surface area contributed by atoms with Gasteiger partial charge < -0.3 is 11.1 Å². The number of nitrogens with one attached hydrogen (secondary N) is 2. The molecule has 0 atom stereocenters. The Kier molecular flexibility index (Phi) is 6.24. The minimum Gasteiger partial charge on any atom is -0.370 e. The molecular weight excluding hydrogens is 230 g/mol. The van der Waals surface area contributed by atoms with Crippen LogP contribution in [0.1, 0.15) is 19.0 Å². The maximum absolute atomic E-state index is 11.3. The average Bonchev–Trinajstić information content (AvgIpc) is 2.37. The van der Waals surface area contributed by atoms with Crippen LogP contribution in [-0.4, -0.2) is 30.1 Å². The Morgan fingerprint density at radius 2 is 2.33 bits per heavy atom. The Balaban J connectivity index is 2.27. The predicted molar refractivity (Wildman–Crippen MR) is 71.3 cm³/mol. The Hall–Kier alpha value is -2.11. The Morgan fingerprint density at radius 1 is 1.50 bits per heavy atom. The van der Waals surface area contributed by atoms with Crippen molar-refractivity contribution in [2.75, 3.05) is 13.1 Å². The number of aliphatic imine (C=N–C) groups is 1. The van der Waals surface area contributed by atoms with Crippen molar-refractivity contribution >= 4 is 12.0 Å². The molecule has 0 saturated carbocycles. The number of rotatable bonds is 5. The van der Waals surface area contributed by atoms with E-state index < -0.39 is 0 Å². The van der Waals surface area contributed by atoms with Crippen molar-refractivity contribution in [3.8, 4) is 0 Å². The summed E-state index contributed by atoms with van der Waals surface area (Å²) in [7, 11) is 0. The molecule has 0 aliphatic heterocycles. The van der Waals surface area contributed by atoms with Crippen LogP contribution in [0.15, 0.2) is 29.4 Å². The third-order valence-corrected chi connectivity index (χ3v) is 2.15. The number of amides is 2. The van der Waals surface area contributed by atoms with Gasteiger partial charge in [0.05, 0.1) is 0 Å². The van der Waals surface area contributed by atoms with E-state index in [1.807, 2.05) is 25.1 Å². The Labute approximate surface area is 107 Å². The predicted octanol–water partition coefficient (Wildman–Crippen LogP) is 0.648. The van der Waals surface area contributed by atoms with Gasteiger partial charge in [0.1, 0.15) is 0 Å². The zero-order chi connectivity index (χ0) is 13.2. The molecule has 18 heavy (non-hydrogen) atoms. The van der Waals surface area contributed by atoms with Crippen LogP contribution in [0.25, 0.3) is 0 Å². The molecule has 0 aliphatic rings. The lowest BCUT2D eigenvalue weighted by Crippen LogP contribution is -2.43. The quantitative estimate of drug-likeness (QED) is 0.528. The minimum absolute atomic E-state index is 0.125. The van der Waals surface area contributed by atoms with Gasteiger partial charge in [0, 0.05) is 31.4 Å². The SMILES string of the molecule is CCCNC(=O)NC(N)=NCCc1ccccn1. The highest BCUT2D eigenvalue weighted by atomic mass is 16.2. The van der Waals surface area contributed by atoms with Gasteiger partial charge in [0.2, 0.25) is 0 Å². The van der Waals surface area contributed by atoms with Gasteiger partial charge in [0.15, 0.2) is 5.96 Å². The number of hydrogen-bond acceptors (Lipinski definition) is 3. The second kappa shape index (κ2) is 8.05. The lowest BCUT2D eigenvalue weighted by Gasteiger charge is -2.05. The first-order valence-electron chi connectivity index (χ1n) is 5.97. The highest BCUT2D eigenvalue weighted by Crippen LogP contribution is 1.94. The zero-order valence-electron chi connectivity index (χ0n) is 10.5. The van der Waals surface area contributed by atoms with E-state index in [1.165, 1.54) is 0 Å². The second-order valence-electron chi connectivity index (χ2n) is 3.72. The van der Waals surface area contributed by atoms with Crippen molar-refractivity contribution in [1.82, 2.24) is 15.6 Å². The molecule has 0 fully saturated rings. The van der Waals surface area contributed by atoms with Gasteiger partial charge in [-0.15, -0.1) is 0 Å². The summed E-state index contributed by atoms with van der Waals surface area (Å²) < 4.78 is 0. The molecule has 1 aromatic heterocycles. The van der Waals surface area contributed by atoms with Crippen LogP contribution < -0.4 is 16.4 Å². The summed E-state index contributed by atoms with van der Waals surface area (Å²) in [4.78, 5) is 19.5. The minimum atomic E-state index is -0.323. The molecule has 0 unspecified atom stereocenters. The van der Waals surface area contributed by atoms with Crippen molar-refractivity contribution in [2.45, 2.75) is 19.8 Å². The fourth-order valence-electron chi connectivity index (χ4n) is 1.28. The van der Waals surface area contributed by atoms with Gasteiger partial charge in [0.25, 0.3) is 0 Å². The molecule has 1 rings (SSSR count). The second-order valence-corrected chi connectivity index (χ2v) is 3.72. The van der Waals surface area contributed by atoms with E-state index in [-0.39, 0.29) is 12.0 Å². The number of urea groups is 1. The van der Waals surface area contributed by atoms with Gasteiger partial charge >= 0.3 is 6.03 Å². The van der Waals surface area contributed by atoms with Crippen LogP contribution in [0, 0.1) is 0 Å². The van der Waals surface area contributed by atoms with Crippen LogP contribution in [-0.2, 0) is 6.42 Å². The standard InChI is InChI=1S/C12H19N5O/c1-2-7-16-12(18)17-11(13)15-9-6-10-5-3-4-8-14-10/h3-5,8H,2,6-7,9H2,1H3,(H4,13,15,16,17,18). The van der Waals surface area contributed by atoms with Crippen LogP contribution in [0.2, 0.25) is 0 Å². The van der Waals surface area contributed by atoms with Crippen molar-refractivity contribution < 1.29 is 4.79 Å². The van der Waals surface area contributed by atoms with Crippen LogP contribution in [0.3, 0.4) is 0 Å². The van der Waals surface area contributed by atoms with E-state index >= 15 is 0 Å². The first-order valence-corrected chi connectivity index (χ1v) is 5.97. The maximum atomic E-state index is 11.3. The number of aromatic nitrogens is 1. The lowest BCUT2D eigenvalue weighted by atomic mass is 10.3. The molecule has 0 spiro atoms. The van der Waals surface area contributed by atoms with Crippen molar-refractivity contribution in [3.63, 3.8) is 0 Å². The normalized spacial score (nSPS) is 11.1. The van der Waals surface area contributed by atoms with Crippen LogP contribution in [0.4, 0.5) is 4.79 Å². The molecule has 0 aliphatic carbocycles. The molecule has 0 saturated heterocycles. The van der Waals surface area contributed by atoms with E-state index in [0.717, 1.165) is 12.1 Å². The first kappa shape index (κ1) is 14.0. The molecule has 0 radical (unpaired) electrons. The summed E-state index contributed by atoms with van der Waals surface area (Å²) >= 11 is 0. The zero-order valence-corrected chi connectivity index (χ0v) is 10.5. The highest BCUT2D eigenvalue weighted by molar-refractivity contribution is 5.95. The highest BCUT2D eigenvalue weighted by Gasteiger charge is 2.00. The molecule has 0 bridgehead atoms. The lowest BCUT2D eigenvalue weighted by molar-refractivity contribution is 0.245. The number of pyridine rings is 1. The largest absolute Gasteiger partial charge is 0.370 e. The molecule has 6 heteroatoms. The van der Waals surface area contributed by atoms with Crippen molar-refractivity contribution in [1.29, 1.82) is 0 Å². The fraction of sp³-hybridized carbons (Fsp3) is 0.417. The number of carbonyl (C=O) groups is 1. The molecule has 6 nitrogen and oxygen atoms in total. The van der Waals surface area contributed by atoms with E-state index in [2.05, 4.69) is 20.6 Å². The van der Waals surface area contributed by atoms with Crippen molar-refractivity contribution in [3.05, 3.63) is 30.1 Å². The Morgan fingerprint density at radius 3 is 3.00 bits per heavy atom. The third-order valence-electron chi connectivity index (χ3n) is 2.15. The molecule has 98 valence electrons. The third kappa shape index (κ3) is 5.83. The van der Waals surface area contributed by atoms with Gasteiger partial charge in [-0.05, 0) is 18.6 Å². The summed E-state index contributed by atoms with van der Waals surface area (Å²) in [5.41, 5.74) is 6.52. The summed E-state index contributed by atoms with van der Waals surface area (Å²) in [6.45, 7) is 3.09. The maximum Gasteiger partial charge on any atom is 0.321 e. The average molecular weight is 249 g/mol. The number of hydrogen-bond donors (Lipinski definition) is 3. The summed E-state index contributed by atoms with van der Waals surface area (Å²) in [6, 6.07) is 5.38. The van der Waals surface area contributed by atoms with Gasteiger partial charge in [-0.1, -0.05) is 13.0 Å². The molecule has 1 aromatic rings. The molecular formula is C12H19N5O. The van der Waals surface area contributed by atoms with Crippen molar-refractivity contribution in [2.24, 2.45) is 10.7 Å². The van der Waals surface area contributed by atoms with E-state index in [0.29, 0.717) is 19.5 Å². The first-order chi connectivity index (χ1) is 8.72. The molecule has 0 aromatic carbocycles. The topological polar surface area (TPSA) is 92.4 Å². The van der Waals surface area contributed by atoms with Gasteiger partial charge in [-0.3, -0.25) is 15.3 Å².